The quantitative estimate of drug-likeness (QED) is 0.260. The summed E-state index contributed by atoms with van der Waals surface area (Å²) < 4.78 is 0. The molecule has 4 nitrogen and oxygen atoms in total. The minimum Gasteiger partial charge on any atom is -0.321 e. The van der Waals surface area contributed by atoms with Gasteiger partial charge in [0, 0.05) is 12.5 Å². The number of benzene rings is 1. The van der Waals surface area contributed by atoms with Crippen molar-refractivity contribution in [3.63, 3.8) is 0 Å². The van der Waals surface area contributed by atoms with E-state index in [1.165, 1.54) is 36.5 Å². The van der Waals surface area contributed by atoms with E-state index in [-0.39, 0.29) is 11.8 Å². The van der Waals surface area contributed by atoms with Gasteiger partial charge >= 0.3 is 0 Å². The summed E-state index contributed by atoms with van der Waals surface area (Å²) in [5, 5.41) is 0. The van der Waals surface area contributed by atoms with Gasteiger partial charge in [-0.05, 0) is 50.3 Å². The zero-order valence-corrected chi connectivity index (χ0v) is 23.3. The van der Waals surface area contributed by atoms with E-state index >= 15 is 0 Å². The van der Waals surface area contributed by atoms with Crippen LogP contribution in [0.5, 0.6) is 0 Å². The summed E-state index contributed by atoms with van der Waals surface area (Å²) in [6.07, 6.45) is 14.4. The molecule has 0 fully saturated rings. The normalized spacial score (nSPS) is 11.3. The van der Waals surface area contributed by atoms with Gasteiger partial charge in [0.15, 0.2) is 0 Å². The second-order valence-electron chi connectivity index (χ2n) is 6.49. The number of carbonyl (C=O) groups is 1. The van der Waals surface area contributed by atoms with E-state index in [9.17, 15) is 4.79 Å². The van der Waals surface area contributed by atoms with Crippen LogP contribution in [0.1, 0.15) is 64.2 Å². The van der Waals surface area contributed by atoms with Gasteiger partial charge in [0.1, 0.15) is 5.78 Å². The van der Waals surface area contributed by atoms with E-state index in [1.807, 2.05) is 52.0 Å². The highest BCUT2D eigenvalue weighted by Gasteiger charge is 2.02. The molecule has 2 N–H and O–H groups in total. The molecule has 0 radical (unpaired) electrons. The molecule has 1 aromatic rings. The third kappa shape index (κ3) is 24.1. The van der Waals surface area contributed by atoms with Crippen LogP contribution in [-0.2, 0) is 21.0 Å². The molecule has 0 saturated carbocycles. The van der Waals surface area contributed by atoms with Crippen molar-refractivity contribution in [2.45, 2.75) is 73.8 Å². The summed E-state index contributed by atoms with van der Waals surface area (Å²) in [4.78, 5) is 18.9. The van der Waals surface area contributed by atoms with E-state index < -0.39 is 0 Å². The predicted molar refractivity (Wildman–Crippen MR) is 152 cm³/mol. The Bertz CT molecular complexity index is 701. The zero-order valence-electron chi connectivity index (χ0n) is 23.3. The molecule has 4 heteroatoms. The Morgan fingerprint density at radius 3 is 2.09 bits per heavy atom. The molecule has 0 aromatic heterocycles. The topological polar surface area (TPSA) is 61.6 Å². The number of hydrogen-bond acceptors (Lipinski definition) is 4. The van der Waals surface area contributed by atoms with Crippen LogP contribution in [0.25, 0.3) is 0 Å². The van der Waals surface area contributed by atoms with Gasteiger partial charge < -0.3 is 10.5 Å². The van der Waals surface area contributed by atoms with Gasteiger partial charge in [0.25, 0.3) is 0 Å². The van der Waals surface area contributed by atoms with Crippen LogP contribution >= 0.6 is 0 Å². The van der Waals surface area contributed by atoms with Gasteiger partial charge in [-0.2, -0.15) is 0 Å². The van der Waals surface area contributed by atoms with Crippen LogP contribution in [0, 0.1) is 13.8 Å². The van der Waals surface area contributed by atoms with Crippen LogP contribution in [-0.4, -0.2) is 26.0 Å². The minimum atomic E-state index is 0.00222. The first-order valence-corrected chi connectivity index (χ1v) is 11.9. The lowest BCUT2D eigenvalue weighted by Gasteiger charge is -2.07. The van der Waals surface area contributed by atoms with Gasteiger partial charge in [-0.25, -0.2) is 9.78 Å². The molecule has 194 valence electrons. The lowest BCUT2D eigenvalue weighted by molar-refractivity contribution is -0.248. The largest absolute Gasteiger partial charge is 0.321 e. The summed E-state index contributed by atoms with van der Waals surface area (Å²) in [5.74, 6) is 0.265. The Hall–Kier alpha value is -2.53. The lowest BCUT2D eigenvalue weighted by atomic mass is 10.0. The maximum atomic E-state index is 10.8. The van der Waals surface area contributed by atoms with Crippen LogP contribution in [0.4, 0.5) is 0 Å². The van der Waals surface area contributed by atoms with Crippen LogP contribution in [0.3, 0.4) is 0 Å². The Labute approximate surface area is 210 Å². The molecule has 0 amide bonds. The van der Waals surface area contributed by atoms with Gasteiger partial charge in [0.05, 0.1) is 14.2 Å². The van der Waals surface area contributed by atoms with E-state index in [1.54, 1.807) is 13.0 Å². The standard InChI is InChI=1S/C12H16O.C10H13N.C2H6O2.2C2H6.C2H4/c1-9-4-5-10(2)12(8-9)7-6-11(3)13;1-2-10(11)9-7-5-3-4-6-8-9;1-3-4-2;3*1-2/h4-5,8H,6-7H2,1-3H3;2-7,10H,1,8,11H2;1-2H3;2*1-2H3;1-2H2. The molecule has 1 unspecified atom stereocenters. The number of hydrogen-bond donors (Lipinski definition) is 1. The molecule has 2 rings (SSSR count). The van der Waals surface area contributed by atoms with Gasteiger partial charge in [-0.15, -0.1) is 19.7 Å². The van der Waals surface area contributed by atoms with Gasteiger partial charge in [-0.3, -0.25) is 0 Å². The third-order valence-corrected chi connectivity index (χ3v) is 4.12. The fraction of sp³-hybridized carbons (Fsp3) is 0.433. The average Bonchev–Trinajstić information content (AvgIpc) is 3.18. The first-order valence-electron chi connectivity index (χ1n) is 11.9. The molecule has 0 heterocycles. The van der Waals surface area contributed by atoms with Crippen molar-refractivity contribution in [3.8, 4) is 0 Å². The Morgan fingerprint density at radius 1 is 1.06 bits per heavy atom. The van der Waals surface area contributed by atoms with E-state index in [0.717, 1.165) is 12.8 Å². The fourth-order valence-electron chi connectivity index (χ4n) is 2.37. The molecule has 34 heavy (non-hydrogen) atoms. The first-order chi connectivity index (χ1) is 16.3. The molecule has 0 spiro atoms. The number of allylic oxidation sites excluding steroid dienone is 5. The third-order valence-electron chi connectivity index (χ3n) is 4.12. The molecule has 0 bridgehead atoms. The minimum absolute atomic E-state index is 0.00222. The van der Waals surface area contributed by atoms with Gasteiger partial charge in [-0.1, -0.05) is 87.9 Å². The summed E-state index contributed by atoms with van der Waals surface area (Å²) in [5.41, 5.74) is 10.8. The highest BCUT2D eigenvalue weighted by atomic mass is 17.2. The number of aryl methyl sites for hydroxylation is 3. The molecule has 1 aliphatic rings. The Balaban J connectivity index is -0.000000194. The molecule has 0 aliphatic heterocycles. The monoisotopic (exact) mass is 473 g/mol. The van der Waals surface area contributed by atoms with Gasteiger partial charge in [0.2, 0.25) is 0 Å². The second-order valence-corrected chi connectivity index (χ2v) is 6.49. The number of carbonyl (C=O) groups excluding carboxylic acids is 1. The SMILES string of the molecule is C=C.C=CC(N)C1=CC=CC=CC1.CC.CC.CC(=O)CCc1cc(C)ccc1C.COOC. The number of Topliss-reactive ketones (excluding diaryl/α,β-unsaturated/α-hetero) is 1. The van der Waals surface area contributed by atoms with E-state index in [4.69, 9.17) is 5.73 Å². The Kier molecular flexibility index (Phi) is 34.7. The van der Waals surface area contributed by atoms with E-state index in [2.05, 4.69) is 67.6 Å². The van der Waals surface area contributed by atoms with Crippen LogP contribution in [0.15, 0.2) is 80.0 Å². The molecule has 1 aliphatic carbocycles. The van der Waals surface area contributed by atoms with Crippen molar-refractivity contribution in [1.29, 1.82) is 0 Å². The maximum Gasteiger partial charge on any atom is 0.130 e. The molecule has 0 saturated heterocycles. The molecule has 1 atom stereocenters. The highest BCUT2D eigenvalue weighted by Crippen LogP contribution is 2.12. The summed E-state index contributed by atoms with van der Waals surface area (Å²) in [7, 11) is 2.92. The maximum absolute atomic E-state index is 10.8. The smallest absolute Gasteiger partial charge is 0.130 e. The molecular weight excluding hydrogens is 422 g/mol. The van der Waals surface area contributed by atoms with Crippen molar-refractivity contribution in [1.82, 2.24) is 0 Å². The molecular formula is C30H51NO3. The highest BCUT2D eigenvalue weighted by molar-refractivity contribution is 5.75. The number of nitrogens with two attached hydrogens (primary N) is 1. The lowest BCUT2D eigenvalue weighted by Crippen LogP contribution is -2.18. The van der Waals surface area contributed by atoms with Crippen molar-refractivity contribution in [2.75, 3.05) is 14.2 Å². The first kappa shape index (κ1) is 38.7. The second kappa shape index (κ2) is 30.5. The zero-order chi connectivity index (χ0) is 27.4. The fourth-order valence-corrected chi connectivity index (χ4v) is 2.37. The summed E-state index contributed by atoms with van der Waals surface area (Å²) >= 11 is 0. The molecule has 1 aromatic carbocycles. The van der Waals surface area contributed by atoms with Crippen molar-refractivity contribution in [3.05, 3.63) is 96.7 Å². The van der Waals surface area contributed by atoms with E-state index in [0.29, 0.717) is 6.42 Å². The van der Waals surface area contributed by atoms with Crippen molar-refractivity contribution in [2.24, 2.45) is 5.73 Å². The summed E-state index contributed by atoms with van der Waals surface area (Å²) in [6.45, 7) is 23.5. The summed E-state index contributed by atoms with van der Waals surface area (Å²) in [6, 6.07) is 6.39. The Morgan fingerprint density at radius 2 is 1.62 bits per heavy atom. The number of ketones is 1. The van der Waals surface area contributed by atoms with Crippen LogP contribution < -0.4 is 5.73 Å². The van der Waals surface area contributed by atoms with Crippen molar-refractivity contribution < 1.29 is 14.6 Å². The predicted octanol–water partition coefficient (Wildman–Crippen LogP) is 7.82. The van der Waals surface area contributed by atoms with Crippen LogP contribution in [0.2, 0.25) is 0 Å². The average molecular weight is 474 g/mol. The number of rotatable bonds is 6. The van der Waals surface area contributed by atoms with Crippen molar-refractivity contribution >= 4 is 5.78 Å².